The van der Waals surface area contributed by atoms with Crippen LogP contribution in [0.25, 0.3) is 0 Å². The van der Waals surface area contributed by atoms with Gasteiger partial charge in [-0.25, -0.2) is 0 Å². The fraction of sp³-hybridized carbons (Fsp3) is 0.438. The number of nitrogens with zero attached hydrogens (tertiary/aromatic N) is 2. The Bertz CT molecular complexity index is 699. The van der Waals surface area contributed by atoms with Crippen LogP contribution in [0.2, 0.25) is 0 Å². The zero-order chi connectivity index (χ0) is 16.9. The van der Waals surface area contributed by atoms with E-state index in [1.807, 2.05) is 16.3 Å². The number of nitrogens with one attached hydrogen (secondary N) is 1. The summed E-state index contributed by atoms with van der Waals surface area (Å²) >= 11 is 3.02. The zero-order valence-electron chi connectivity index (χ0n) is 13.4. The number of rotatable bonds is 6. The molecule has 0 spiro atoms. The number of amides is 2. The van der Waals surface area contributed by atoms with E-state index < -0.39 is 0 Å². The number of aromatic nitrogens is 1. The summed E-state index contributed by atoms with van der Waals surface area (Å²) in [5.41, 5.74) is 0. The Hall–Kier alpha value is -1.80. The second-order valence-corrected chi connectivity index (χ2v) is 7.59. The first-order chi connectivity index (χ1) is 11.6. The molecule has 0 aliphatic carbocycles. The Kier molecular flexibility index (Phi) is 5.57. The normalized spacial score (nSPS) is 17.2. The van der Waals surface area contributed by atoms with Crippen LogP contribution in [0.5, 0.6) is 0 Å². The molecule has 8 heteroatoms. The summed E-state index contributed by atoms with van der Waals surface area (Å²) in [4.78, 5) is 27.5. The van der Waals surface area contributed by atoms with Gasteiger partial charge in [0, 0.05) is 17.5 Å². The molecular formula is C16H19N3O3S2. The van der Waals surface area contributed by atoms with Gasteiger partial charge in [0.15, 0.2) is 5.82 Å². The fourth-order valence-corrected chi connectivity index (χ4v) is 4.33. The zero-order valence-corrected chi connectivity index (χ0v) is 15.0. The van der Waals surface area contributed by atoms with E-state index in [4.69, 9.17) is 4.52 Å². The maximum absolute atomic E-state index is 12.4. The maximum atomic E-state index is 12.4. The van der Waals surface area contributed by atoms with Gasteiger partial charge in [-0.1, -0.05) is 11.2 Å². The van der Waals surface area contributed by atoms with Crippen LogP contribution < -0.4 is 5.32 Å². The molecule has 128 valence electrons. The molecule has 1 fully saturated rings. The number of hydrogen-bond donors (Lipinski definition) is 1. The van der Waals surface area contributed by atoms with Crippen LogP contribution >= 0.6 is 23.1 Å². The Morgan fingerprint density at radius 1 is 1.50 bits per heavy atom. The van der Waals surface area contributed by atoms with Gasteiger partial charge in [0.1, 0.15) is 5.76 Å². The van der Waals surface area contributed by atoms with E-state index in [0.717, 1.165) is 19.4 Å². The van der Waals surface area contributed by atoms with Crippen molar-refractivity contribution >= 4 is 40.7 Å². The van der Waals surface area contributed by atoms with Crippen LogP contribution in [-0.4, -0.2) is 39.9 Å². The molecule has 0 saturated carbocycles. The molecule has 1 unspecified atom stereocenters. The van der Waals surface area contributed by atoms with E-state index in [2.05, 4.69) is 16.5 Å². The van der Waals surface area contributed by atoms with E-state index in [1.165, 1.54) is 16.6 Å². The van der Waals surface area contributed by atoms with Crippen molar-refractivity contribution in [3.8, 4) is 0 Å². The SMILES string of the molecule is Cc1cc(NC(=O)CSCC(=O)N2CCCC2c2cccs2)no1. The summed E-state index contributed by atoms with van der Waals surface area (Å²) < 4.78 is 4.89. The molecule has 1 aliphatic rings. The highest BCUT2D eigenvalue weighted by Crippen LogP contribution is 2.34. The van der Waals surface area contributed by atoms with Crippen molar-refractivity contribution in [1.82, 2.24) is 10.1 Å². The highest BCUT2D eigenvalue weighted by molar-refractivity contribution is 8.00. The molecule has 2 aromatic heterocycles. The molecule has 0 aromatic carbocycles. The maximum Gasteiger partial charge on any atom is 0.235 e. The molecule has 2 aromatic rings. The quantitative estimate of drug-likeness (QED) is 0.851. The lowest BCUT2D eigenvalue weighted by Gasteiger charge is -2.23. The molecule has 1 saturated heterocycles. The van der Waals surface area contributed by atoms with Crippen molar-refractivity contribution in [2.45, 2.75) is 25.8 Å². The highest BCUT2D eigenvalue weighted by atomic mass is 32.2. The summed E-state index contributed by atoms with van der Waals surface area (Å²) in [5.74, 6) is 1.49. The lowest BCUT2D eigenvalue weighted by atomic mass is 10.2. The molecule has 1 N–H and O–H groups in total. The first-order valence-corrected chi connectivity index (χ1v) is 9.80. The summed E-state index contributed by atoms with van der Waals surface area (Å²) in [7, 11) is 0. The lowest BCUT2D eigenvalue weighted by Crippen LogP contribution is -2.32. The van der Waals surface area contributed by atoms with Gasteiger partial charge in [-0.3, -0.25) is 9.59 Å². The number of aryl methyl sites for hydroxylation is 1. The number of thiophene rings is 1. The van der Waals surface area contributed by atoms with E-state index in [0.29, 0.717) is 17.3 Å². The Labute approximate surface area is 148 Å². The van der Waals surface area contributed by atoms with E-state index in [1.54, 1.807) is 24.3 Å². The largest absolute Gasteiger partial charge is 0.360 e. The third-order valence-electron chi connectivity index (χ3n) is 3.80. The third-order valence-corrected chi connectivity index (χ3v) is 5.69. The molecule has 0 radical (unpaired) electrons. The van der Waals surface area contributed by atoms with Crippen molar-refractivity contribution in [1.29, 1.82) is 0 Å². The molecular weight excluding hydrogens is 346 g/mol. The van der Waals surface area contributed by atoms with Crippen LogP contribution in [0.4, 0.5) is 5.82 Å². The number of hydrogen-bond acceptors (Lipinski definition) is 6. The standard InChI is InChI=1S/C16H19N3O3S2/c1-11-8-14(18-22-11)17-15(20)9-23-10-16(21)19-6-2-4-12(19)13-5-3-7-24-13/h3,5,7-8,12H,2,4,6,9-10H2,1H3,(H,17,18,20). The fourth-order valence-electron chi connectivity index (χ4n) is 2.76. The summed E-state index contributed by atoms with van der Waals surface area (Å²) in [6.07, 6.45) is 2.05. The number of carbonyl (C=O) groups is 2. The number of carbonyl (C=O) groups excluding carboxylic acids is 2. The number of thioether (sulfide) groups is 1. The average molecular weight is 365 g/mol. The van der Waals surface area contributed by atoms with Gasteiger partial charge < -0.3 is 14.7 Å². The first kappa shape index (κ1) is 17.0. The Morgan fingerprint density at radius 3 is 3.08 bits per heavy atom. The predicted octanol–water partition coefficient (Wildman–Crippen LogP) is 3.08. The van der Waals surface area contributed by atoms with Crippen molar-refractivity contribution in [3.63, 3.8) is 0 Å². The first-order valence-electron chi connectivity index (χ1n) is 7.77. The minimum Gasteiger partial charge on any atom is -0.360 e. The molecule has 2 amide bonds. The van der Waals surface area contributed by atoms with Gasteiger partial charge in [-0.05, 0) is 31.2 Å². The second kappa shape index (κ2) is 7.85. The van der Waals surface area contributed by atoms with Crippen molar-refractivity contribution in [3.05, 3.63) is 34.2 Å². The molecule has 1 atom stereocenters. The van der Waals surface area contributed by atoms with Gasteiger partial charge in [-0.2, -0.15) is 0 Å². The van der Waals surface area contributed by atoms with Gasteiger partial charge in [0.2, 0.25) is 11.8 Å². The molecule has 3 heterocycles. The summed E-state index contributed by atoms with van der Waals surface area (Å²) in [5, 5.41) is 8.40. The topological polar surface area (TPSA) is 75.4 Å². The van der Waals surface area contributed by atoms with E-state index in [9.17, 15) is 9.59 Å². The van der Waals surface area contributed by atoms with Crippen LogP contribution in [-0.2, 0) is 9.59 Å². The van der Waals surface area contributed by atoms with Crippen molar-refractivity contribution in [2.24, 2.45) is 0 Å². The molecule has 3 rings (SSSR count). The summed E-state index contributed by atoms with van der Waals surface area (Å²) in [6.45, 7) is 2.56. The Balaban J connectivity index is 1.44. The second-order valence-electron chi connectivity index (χ2n) is 5.62. The highest BCUT2D eigenvalue weighted by Gasteiger charge is 2.30. The smallest absolute Gasteiger partial charge is 0.235 e. The number of likely N-dealkylation sites (tertiary alicyclic amines) is 1. The van der Waals surface area contributed by atoms with Crippen LogP contribution in [0.15, 0.2) is 28.1 Å². The van der Waals surface area contributed by atoms with Crippen LogP contribution in [0.1, 0.15) is 29.5 Å². The van der Waals surface area contributed by atoms with Crippen LogP contribution in [0.3, 0.4) is 0 Å². The lowest BCUT2D eigenvalue weighted by molar-refractivity contribution is -0.129. The number of anilines is 1. The summed E-state index contributed by atoms with van der Waals surface area (Å²) in [6, 6.07) is 5.96. The van der Waals surface area contributed by atoms with Gasteiger partial charge in [0.05, 0.1) is 17.5 Å². The minimum absolute atomic E-state index is 0.0981. The minimum atomic E-state index is -0.183. The van der Waals surface area contributed by atoms with Crippen molar-refractivity contribution < 1.29 is 14.1 Å². The third kappa shape index (κ3) is 4.18. The Morgan fingerprint density at radius 2 is 2.38 bits per heavy atom. The molecule has 1 aliphatic heterocycles. The molecule has 24 heavy (non-hydrogen) atoms. The molecule has 6 nitrogen and oxygen atoms in total. The van der Waals surface area contributed by atoms with Gasteiger partial charge in [-0.15, -0.1) is 23.1 Å². The van der Waals surface area contributed by atoms with Gasteiger partial charge in [0.25, 0.3) is 0 Å². The van der Waals surface area contributed by atoms with Gasteiger partial charge >= 0.3 is 0 Å². The average Bonchev–Trinajstić information content (AvgIpc) is 3.27. The van der Waals surface area contributed by atoms with E-state index >= 15 is 0 Å². The van der Waals surface area contributed by atoms with Crippen LogP contribution in [0, 0.1) is 6.92 Å². The van der Waals surface area contributed by atoms with E-state index in [-0.39, 0.29) is 23.6 Å². The predicted molar refractivity (Wildman–Crippen MR) is 95.2 cm³/mol. The van der Waals surface area contributed by atoms with Crippen molar-refractivity contribution in [2.75, 3.05) is 23.4 Å². The monoisotopic (exact) mass is 365 g/mol. The molecule has 0 bridgehead atoms.